The number of aromatic carboxylic acids is 1. The van der Waals surface area contributed by atoms with Crippen molar-refractivity contribution in [1.29, 1.82) is 0 Å². The van der Waals surface area contributed by atoms with Crippen LogP contribution in [0.2, 0.25) is 0 Å². The third-order valence-electron chi connectivity index (χ3n) is 4.58. The van der Waals surface area contributed by atoms with Crippen LogP contribution < -0.4 is 10.9 Å². The zero-order valence-corrected chi connectivity index (χ0v) is 13.9. The predicted molar refractivity (Wildman–Crippen MR) is 92.6 cm³/mol. The van der Waals surface area contributed by atoms with E-state index >= 15 is 0 Å². The monoisotopic (exact) mass is 343 g/mol. The first-order chi connectivity index (χ1) is 12.1. The number of carbonyl (C=O) groups is 2. The quantitative estimate of drug-likeness (QED) is 0.826. The molecule has 0 unspecified atom stereocenters. The van der Waals surface area contributed by atoms with Gasteiger partial charge < -0.3 is 10.4 Å². The molecule has 1 aliphatic rings. The van der Waals surface area contributed by atoms with Crippen molar-refractivity contribution in [3.63, 3.8) is 0 Å². The lowest BCUT2D eigenvalue weighted by molar-refractivity contribution is -0.122. The summed E-state index contributed by atoms with van der Waals surface area (Å²) in [6, 6.07) is 6.52. The first-order valence-corrected chi connectivity index (χ1v) is 8.59. The van der Waals surface area contributed by atoms with Crippen LogP contribution in [-0.2, 0) is 11.3 Å². The fourth-order valence-electron chi connectivity index (χ4n) is 3.33. The van der Waals surface area contributed by atoms with Crippen molar-refractivity contribution < 1.29 is 14.7 Å². The van der Waals surface area contributed by atoms with Gasteiger partial charge in [0.25, 0.3) is 5.56 Å². The van der Waals surface area contributed by atoms with E-state index in [1.807, 2.05) is 0 Å². The van der Waals surface area contributed by atoms with Crippen molar-refractivity contribution in [3.05, 3.63) is 40.3 Å². The summed E-state index contributed by atoms with van der Waals surface area (Å²) in [6.45, 7) is -0.277. The predicted octanol–water partition coefficient (Wildman–Crippen LogP) is 1.93. The first-order valence-electron chi connectivity index (χ1n) is 8.59. The van der Waals surface area contributed by atoms with Gasteiger partial charge in [0.2, 0.25) is 5.91 Å². The van der Waals surface area contributed by atoms with Crippen LogP contribution in [0.4, 0.5) is 0 Å². The molecule has 1 heterocycles. The van der Waals surface area contributed by atoms with Gasteiger partial charge in [0.1, 0.15) is 6.54 Å². The lowest BCUT2D eigenvalue weighted by Crippen LogP contribution is -2.39. The molecule has 0 saturated heterocycles. The lowest BCUT2D eigenvalue weighted by Gasteiger charge is -2.16. The van der Waals surface area contributed by atoms with Crippen molar-refractivity contribution in [3.8, 4) is 0 Å². The maximum atomic E-state index is 12.5. The number of rotatable bonds is 4. The van der Waals surface area contributed by atoms with E-state index in [0.717, 1.165) is 30.4 Å². The second kappa shape index (κ2) is 7.46. The van der Waals surface area contributed by atoms with E-state index in [1.165, 1.54) is 12.8 Å². The SMILES string of the molecule is O=C(Cn1nc(C(=O)O)c2ccccc2c1=O)NC1CCCCCC1. The highest BCUT2D eigenvalue weighted by Gasteiger charge is 2.19. The Morgan fingerprint density at radius 1 is 1.12 bits per heavy atom. The van der Waals surface area contributed by atoms with Crippen LogP contribution in [0.3, 0.4) is 0 Å². The first kappa shape index (κ1) is 17.1. The molecule has 0 aliphatic heterocycles. The molecule has 1 fully saturated rings. The number of amides is 1. The molecule has 7 heteroatoms. The van der Waals surface area contributed by atoms with E-state index in [4.69, 9.17) is 0 Å². The Morgan fingerprint density at radius 3 is 2.40 bits per heavy atom. The minimum Gasteiger partial charge on any atom is -0.476 e. The van der Waals surface area contributed by atoms with Crippen LogP contribution >= 0.6 is 0 Å². The second-order valence-electron chi connectivity index (χ2n) is 6.42. The number of carboxylic acids is 1. The molecule has 2 N–H and O–H groups in total. The highest BCUT2D eigenvalue weighted by atomic mass is 16.4. The molecule has 132 valence electrons. The van der Waals surface area contributed by atoms with Gasteiger partial charge in [-0.1, -0.05) is 43.9 Å². The van der Waals surface area contributed by atoms with Gasteiger partial charge in [0, 0.05) is 11.4 Å². The van der Waals surface area contributed by atoms with Gasteiger partial charge >= 0.3 is 5.97 Å². The number of nitrogens with zero attached hydrogens (tertiary/aromatic N) is 2. The van der Waals surface area contributed by atoms with Crippen molar-refractivity contribution >= 4 is 22.6 Å². The third-order valence-corrected chi connectivity index (χ3v) is 4.58. The van der Waals surface area contributed by atoms with Crippen molar-refractivity contribution in [2.45, 2.75) is 51.1 Å². The van der Waals surface area contributed by atoms with Crippen LogP contribution in [-0.4, -0.2) is 32.8 Å². The number of hydrogen-bond acceptors (Lipinski definition) is 4. The Balaban J connectivity index is 1.85. The molecule has 2 aromatic rings. The van der Waals surface area contributed by atoms with Crippen LogP contribution in [0.25, 0.3) is 10.8 Å². The molecular weight excluding hydrogens is 322 g/mol. The number of hydrogen-bond donors (Lipinski definition) is 2. The van der Waals surface area contributed by atoms with Gasteiger partial charge in [-0.25, -0.2) is 9.48 Å². The third kappa shape index (κ3) is 3.87. The summed E-state index contributed by atoms with van der Waals surface area (Å²) in [5, 5.41) is 16.7. The standard InChI is InChI=1S/C18H21N3O4/c22-15(19-12-7-3-1-2-4-8-12)11-21-17(23)14-10-6-5-9-13(14)16(20-21)18(24)25/h5-6,9-10,12H,1-4,7-8,11H2,(H,19,22)(H,24,25). The molecule has 7 nitrogen and oxygen atoms in total. The summed E-state index contributed by atoms with van der Waals surface area (Å²) in [5.41, 5.74) is -0.686. The highest BCUT2D eigenvalue weighted by molar-refractivity contribution is 6.01. The largest absolute Gasteiger partial charge is 0.476 e. The molecule has 25 heavy (non-hydrogen) atoms. The van der Waals surface area contributed by atoms with Crippen molar-refractivity contribution in [1.82, 2.24) is 15.1 Å². The summed E-state index contributed by atoms with van der Waals surface area (Å²) in [6.07, 6.45) is 6.41. The highest BCUT2D eigenvalue weighted by Crippen LogP contribution is 2.17. The van der Waals surface area contributed by atoms with Gasteiger partial charge in [-0.15, -0.1) is 0 Å². The Kier molecular flexibility index (Phi) is 5.11. The van der Waals surface area contributed by atoms with Gasteiger partial charge in [0.15, 0.2) is 5.69 Å². The summed E-state index contributed by atoms with van der Waals surface area (Å²) in [7, 11) is 0. The smallest absolute Gasteiger partial charge is 0.357 e. The summed E-state index contributed by atoms with van der Waals surface area (Å²) < 4.78 is 0.942. The summed E-state index contributed by atoms with van der Waals surface area (Å²) in [4.78, 5) is 36.3. The minimum absolute atomic E-state index is 0.116. The molecular formula is C18H21N3O4. The molecule has 1 amide bonds. The average molecular weight is 343 g/mol. The molecule has 0 spiro atoms. The lowest BCUT2D eigenvalue weighted by atomic mass is 10.1. The molecule has 0 radical (unpaired) electrons. The van der Waals surface area contributed by atoms with Crippen LogP contribution in [0, 0.1) is 0 Å². The fourth-order valence-corrected chi connectivity index (χ4v) is 3.33. The van der Waals surface area contributed by atoms with E-state index in [0.29, 0.717) is 0 Å². The Hall–Kier alpha value is -2.70. The topological polar surface area (TPSA) is 101 Å². The Bertz CT molecular complexity index is 851. The van der Waals surface area contributed by atoms with Gasteiger partial charge in [-0.3, -0.25) is 9.59 Å². The van der Waals surface area contributed by atoms with Crippen LogP contribution in [0.15, 0.2) is 29.1 Å². The molecule has 1 aliphatic carbocycles. The number of benzene rings is 1. The minimum atomic E-state index is -1.23. The van der Waals surface area contributed by atoms with Crippen molar-refractivity contribution in [2.75, 3.05) is 0 Å². The second-order valence-corrected chi connectivity index (χ2v) is 6.42. The summed E-state index contributed by atoms with van der Waals surface area (Å²) in [5.74, 6) is -1.54. The fraction of sp³-hybridized carbons (Fsp3) is 0.444. The maximum absolute atomic E-state index is 12.5. The van der Waals surface area contributed by atoms with Gasteiger partial charge in [-0.2, -0.15) is 5.10 Å². The van der Waals surface area contributed by atoms with E-state index in [9.17, 15) is 19.5 Å². The number of fused-ring (bicyclic) bond motifs is 1. The number of carbonyl (C=O) groups excluding carboxylic acids is 1. The zero-order valence-electron chi connectivity index (χ0n) is 13.9. The number of carboxylic acid groups (broad SMARTS) is 1. The molecule has 0 bridgehead atoms. The van der Waals surface area contributed by atoms with Gasteiger partial charge in [-0.05, 0) is 18.9 Å². The molecule has 0 atom stereocenters. The molecule has 1 saturated carbocycles. The normalized spacial score (nSPS) is 15.7. The van der Waals surface area contributed by atoms with Gasteiger partial charge in [0.05, 0.1) is 5.39 Å². The van der Waals surface area contributed by atoms with Crippen LogP contribution in [0.1, 0.15) is 49.0 Å². The average Bonchev–Trinajstić information content (AvgIpc) is 2.86. The molecule has 1 aromatic heterocycles. The van der Waals surface area contributed by atoms with Crippen LogP contribution in [0.5, 0.6) is 0 Å². The number of aromatic nitrogens is 2. The molecule has 3 rings (SSSR count). The van der Waals surface area contributed by atoms with E-state index in [2.05, 4.69) is 10.4 Å². The number of nitrogens with one attached hydrogen (secondary N) is 1. The van der Waals surface area contributed by atoms with Crippen molar-refractivity contribution in [2.24, 2.45) is 0 Å². The maximum Gasteiger partial charge on any atom is 0.357 e. The Labute approximate surface area is 144 Å². The molecule has 1 aromatic carbocycles. The van der Waals surface area contributed by atoms with E-state index in [-0.39, 0.29) is 35.0 Å². The van der Waals surface area contributed by atoms with E-state index in [1.54, 1.807) is 24.3 Å². The summed E-state index contributed by atoms with van der Waals surface area (Å²) >= 11 is 0. The van der Waals surface area contributed by atoms with E-state index < -0.39 is 11.5 Å². The Morgan fingerprint density at radius 2 is 1.76 bits per heavy atom. The zero-order chi connectivity index (χ0) is 17.8.